The van der Waals surface area contributed by atoms with Gasteiger partial charge in [-0.2, -0.15) is 4.37 Å². The summed E-state index contributed by atoms with van der Waals surface area (Å²) >= 11 is 1.09. The number of carbonyl (C=O) groups is 1. The molecule has 1 saturated heterocycles. The van der Waals surface area contributed by atoms with Gasteiger partial charge in [-0.3, -0.25) is 4.79 Å². The summed E-state index contributed by atoms with van der Waals surface area (Å²) in [6, 6.07) is 0. The van der Waals surface area contributed by atoms with Crippen LogP contribution in [0.15, 0.2) is 0 Å². The van der Waals surface area contributed by atoms with Gasteiger partial charge in [-0.1, -0.05) is 0 Å². The summed E-state index contributed by atoms with van der Waals surface area (Å²) in [5, 5.41) is 0. The van der Waals surface area contributed by atoms with Gasteiger partial charge in [0, 0.05) is 13.2 Å². The van der Waals surface area contributed by atoms with Crippen molar-refractivity contribution in [1.29, 1.82) is 0 Å². The van der Waals surface area contributed by atoms with Crippen LogP contribution in [-0.2, 0) is 19.0 Å². The SMILES string of the molecule is CCOC(=O)C1(COc2nsnc2C)CCOCCOCC1. The zero-order valence-corrected chi connectivity index (χ0v) is 13.8. The van der Waals surface area contributed by atoms with Crippen LogP contribution in [0.4, 0.5) is 0 Å². The van der Waals surface area contributed by atoms with Crippen molar-refractivity contribution in [3.63, 3.8) is 0 Å². The molecular weight excluding hydrogens is 308 g/mol. The molecule has 8 heteroatoms. The molecule has 0 unspecified atom stereocenters. The molecule has 2 rings (SSSR count). The lowest BCUT2D eigenvalue weighted by Gasteiger charge is -2.30. The monoisotopic (exact) mass is 330 g/mol. The molecule has 1 aliphatic heterocycles. The molecule has 0 aliphatic carbocycles. The van der Waals surface area contributed by atoms with E-state index in [1.165, 1.54) is 0 Å². The van der Waals surface area contributed by atoms with Crippen LogP contribution in [0.5, 0.6) is 5.88 Å². The largest absolute Gasteiger partial charge is 0.475 e. The fourth-order valence-corrected chi connectivity index (χ4v) is 2.74. The quantitative estimate of drug-likeness (QED) is 0.759. The van der Waals surface area contributed by atoms with Gasteiger partial charge < -0.3 is 18.9 Å². The van der Waals surface area contributed by atoms with Crippen LogP contribution in [0.2, 0.25) is 0 Å². The number of carbonyl (C=O) groups excluding carboxylic acids is 1. The third kappa shape index (κ3) is 4.37. The van der Waals surface area contributed by atoms with E-state index in [1.54, 1.807) is 6.92 Å². The summed E-state index contributed by atoms with van der Waals surface area (Å²) in [4.78, 5) is 12.5. The highest BCUT2D eigenvalue weighted by molar-refractivity contribution is 6.99. The average molecular weight is 330 g/mol. The molecule has 1 aromatic heterocycles. The van der Waals surface area contributed by atoms with Crippen LogP contribution in [0.3, 0.4) is 0 Å². The van der Waals surface area contributed by atoms with Crippen molar-refractivity contribution in [2.45, 2.75) is 26.7 Å². The summed E-state index contributed by atoms with van der Waals surface area (Å²) in [6.07, 6.45) is 1.07. The van der Waals surface area contributed by atoms with E-state index < -0.39 is 5.41 Å². The number of hydrogen-bond donors (Lipinski definition) is 0. The predicted molar refractivity (Wildman–Crippen MR) is 80.1 cm³/mol. The Morgan fingerprint density at radius 1 is 1.23 bits per heavy atom. The molecule has 0 N–H and O–H groups in total. The van der Waals surface area contributed by atoms with Crippen LogP contribution in [-0.4, -0.2) is 54.4 Å². The highest BCUT2D eigenvalue weighted by Gasteiger charge is 2.41. The number of aryl methyl sites for hydroxylation is 1. The third-order valence-corrected chi connectivity index (χ3v) is 4.23. The van der Waals surface area contributed by atoms with Crippen molar-refractivity contribution in [2.24, 2.45) is 5.41 Å². The summed E-state index contributed by atoms with van der Waals surface area (Å²) in [5.41, 5.74) is -0.0595. The minimum Gasteiger partial charge on any atom is -0.475 e. The molecule has 1 aliphatic rings. The fraction of sp³-hybridized carbons (Fsp3) is 0.786. The highest BCUT2D eigenvalue weighted by Crippen LogP contribution is 2.31. The van der Waals surface area contributed by atoms with E-state index in [0.717, 1.165) is 17.4 Å². The van der Waals surface area contributed by atoms with E-state index in [0.29, 0.717) is 51.8 Å². The smallest absolute Gasteiger partial charge is 0.315 e. The van der Waals surface area contributed by atoms with Gasteiger partial charge >= 0.3 is 5.97 Å². The Kier molecular flexibility index (Phi) is 6.53. The molecule has 0 amide bonds. The van der Waals surface area contributed by atoms with Gasteiger partial charge in [0.25, 0.3) is 0 Å². The Labute approximate surface area is 134 Å². The number of hydrogen-bond acceptors (Lipinski definition) is 8. The molecule has 22 heavy (non-hydrogen) atoms. The van der Waals surface area contributed by atoms with Crippen LogP contribution in [0, 0.1) is 12.3 Å². The van der Waals surface area contributed by atoms with Gasteiger partial charge in [0.2, 0.25) is 5.88 Å². The van der Waals surface area contributed by atoms with Crippen molar-refractivity contribution in [3.8, 4) is 5.88 Å². The van der Waals surface area contributed by atoms with E-state index in [1.807, 2.05) is 6.92 Å². The van der Waals surface area contributed by atoms with Crippen molar-refractivity contribution >= 4 is 17.7 Å². The zero-order chi connectivity index (χ0) is 15.8. The zero-order valence-electron chi connectivity index (χ0n) is 13.0. The molecule has 0 atom stereocenters. The first-order valence-corrected chi connectivity index (χ1v) is 8.15. The number of aromatic nitrogens is 2. The molecular formula is C14H22N2O5S. The van der Waals surface area contributed by atoms with Crippen molar-refractivity contribution in [1.82, 2.24) is 8.75 Å². The average Bonchev–Trinajstić information content (AvgIpc) is 2.96. The van der Waals surface area contributed by atoms with Crippen LogP contribution >= 0.6 is 11.7 Å². The molecule has 2 heterocycles. The third-order valence-electron chi connectivity index (χ3n) is 3.63. The maximum atomic E-state index is 12.5. The first kappa shape index (κ1) is 17.1. The number of ether oxygens (including phenoxy) is 4. The van der Waals surface area contributed by atoms with E-state index in [2.05, 4.69) is 8.75 Å². The van der Waals surface area contributed by atoms with Crippen LogP contribution in [0.1, 0.15) is 25.5 Å². The van der Waals surface area contributed by atoms with Gasteiger partial charge in [0.15, 0.2) is 0 Å². The molecule has 0 bridgehead atoms. The summed E-state index contributed by atoms with van der Waals surface area (Å²) in [6.45, 7) is 6.15. The Hall–Kier alpha value is -1.25. The summed E-state index contributed by atoms with van der Waals surface area (Å²) in [7, 11) is 0. The number of esters is 1. The first-order chi connectivity index (χ1) is 10.7. The first-order valence-electron chi connectivity index (χ1n) is 7.42. The van der Waals surface area contributed by atoms with E-state index in [4.69, 9.17) is 18.9 Å². The van der Waals surface area contributed by atoms with E-state index in [9.17, 15) is 4.79 Å². The molecule has 0 aromatic carbocycles. The lowest BCUT2D eigenvalue weighted by atomic mass is 9.82. The second-order valence-electron chi connectivity index (χ2n) is 5.17. The minimum absolute atomic E-state index is 0.185. The minimum atomic E-state index is -0.781. The van der Waals surface area contributed by atoms with Crippen molar-refractivity contribution < 1.29 is 23.7 Å². The maximum absolute atomic E-state index is 12.5. The Balaban J connectivity index is 2.11. The van der Waals surface area contributed by atoms with Gasteiger partial charge in [-0.15, -0.1) is 4.37 Å². The van der Waals surface area contributed by atoms with Gasteiger partial charge in [-0.25, -0.2) is 0 Å². The second-order valence-corrected chi connectivity index (χ2v) is 5.70. The molecule has 124 valence electrons. The standard InChI is InChI=1S/C14H22N2O5S/c1-3-20-13(17)14(4-6-18-8-9-19-7-5-14)10-21-12-11(2)15-22-16-12/h3-10H2,1-2H3. The van der Waals surface area contributed by atoms with Gasteiger partial charge in [0.1, 0.15) is 17.7 Å². The van der Waals surface area contributed by atoms with Crippen LogP contribution in [0.25, 0.3) is 0 Å². The van der Waals surface area contributed by atoms with E-state index in [-0.39, 0.29) is 12.6 Å². The van der Waals surface area contributed by atoms with Gasteiger partial charge in [-0.05, 0) is 26.7 Å². The Bertz CT molecular complexity index is 470. The second kappa shape index (κ2) is 8.40. The molecule has 1 fully saturated rings. The lowest BCUT2D eigenvalue weighted by Crippen LogP contribution is -2.40. The molecule has 0 spiro atoms. The fourth-order valence-electron chi connectivity index (χ4n) is 2.23. The molecule has 1 aromatic rings. The normalized spacial score (nSPS) is 18.8. The molecule has 7 nitrogen and oxygen atoms in total. The predicted octanol–water partition coefficient (Wildman–Crippen LogP) is 1.60. The lowest BCUT2D eigenvalue weighted by molar-refractivity contribution is -0.160. The van der Waals surface area contributed by atoms with Gasteiger partial charge in [0.05, 0.1) is 31.5 Å². The Morgan fingerprint density at radius 2 is 1.91 bits per heavy atom. The Morgan fingerprint density at radius 3 is 2.45 bits per heavy atom. The maximum Gasteiger partial charge on any atom is 0.315 e. The number of nitrogens with zero attached hydrogens (tertiary/aromatic N) is 2. The number of rotatable bonds is 5. The van der Waals surface area contributed by atoms with E-state index >= 15 is 0 Å². The molecule has 0 saturated carbocycles. The summed E-state index contributed by atoms with van der Waals surface area (Å²) in [5.74, 6) is 0.195. The van der Waals surface area contributed by atoms with Crippen LogP contribution < -0.4 is 4.74 Å². The highest BCUT2D eigenvalue weighted by atomic mass is 32.1. The summed E-state index contributed by atoms with van der Waals surface area (Å²) < 4.78 is 30.1. The van der Waals surface area contributed by atoms with Crippen molar-refractivity contribution in [2.75, 3.05) is 39.6 Å². The topological polar surface area (TPSA) is 79.8 Å². The molecule has 0 radical (unpaired) electrons. The van der Waals surface area contributed by atoms with Crippen molar-refractivity contribution in [3.05, 3.63) is 5.69 Å².